The van der Waals surface area contributed by atoms with Crippen molar-refractivity contribution < 1.29 is 0 Å². The van der Waals surface area contributed by atoms with Gasteiger partial charge in [0.1, 0.15) is 0 Å². The molecule has 0 aliphatic carbocycles. The predicted molar refractivity (Wildman–Crippen MR) is 124 cm³/mol. The van der Waals surface area contributed by atoms with E-state index in [1.165, 1.54) is 36.9 Å². The molecule has 1 aliphatic rings. The van der Waals surface area contributed by atoms with Gasteiger partial charge in [-0.1, -0.05) is 30.7 Å². The van der Waals surface area contributed by atoms with Crippen LogP contribution in [0, 0.1) is 6.92 Å². The van der Waals surface area contributed by atoms with Crippen molar-refractivity contribution in [1.29, 1.82) is 0 Å². The van der Waals surface area contributed by atoms with Gasteiger partial charge in [0.15, 0.2) is 5.96 Å². The molecule has 0 saturated carbocycles. The standard InChI is InChI=1S/C23H35N5S/c1-4-24-23(25-13-12-22-17-29-19(3)27-22)26-15-20-10-5-6-11-21(20)16-28-14-8-7-9-18(28)2/h5-6,10-11,17-18H,4,7-9,12-16H2,1-3H3,(H2,24,25,26). The summed E-state index contributed by atoms with van der Waals surface area (Å²) in [6, 6.07) is 9.43. The van der Waals surface area contributed by atoms with Crippen LogP contribution in [0.15, 0.2) is 34.6 Å². The lowest BCUT2D eigenvalue weighted by atomic mass is 10.0. The quantitative estimate of drug-likeness (QED) is 0.505. The van der Waals surface area contributed by atoms with Gasteiger partial charge < -0.3 is 10.6 Å². The maximum atomic E-state index is 4.85. The SMILES string of the molecule is CCNC(=NCc1ccccc1CN1CCCCC1C)NCCc1csc(C)n1. The zero-order valence-corrected chi connectivity index (χ0v) is 18.9. The average molecular weight is 414 g/mol. The maximum Gasteiger partial charge on any atom is 0.191 e. The summed E-state index contributed by atoms with van der Waals surface area (Å²) in [5.74, 6) is 0.876. The van der Waals surface area contributed by atoms with Gasteiger partial charge in [-0.2, -0.15) is 0 Å². The lowest BCUT2D eigenvalue weighted by Gasteiger charge is -2.33. The lowest BCUT2D eigenvalue weighted by molar-refractivity contribution is 0.152. The minimum atomic E-state index is 0.675. The molecule has 1 fully saturated rings. The summed E-state index contributed by atoms with van der Waals surface area (Å²) >= 11 is 1.71. The number of hydrogen-bond acceptors (Lipinski definition) is 4. The fourth-order valence-corrected chi connectivity index (χ4v) is 4.46. The van der Waals surface area contributed by atoms with Crippen molar-refractivity contribution in [2.75, 3.05) is 19.6 Å². The number of benzene rings is 1. The first-order valence-electron chi connectivity index (χ1n) is 10.9. The normalized spacial score (nSPS) is 18.0. The minimum absolute atomic E-state index is 0.675. The molecule has 3 rings (SSSR count). The molecule has 1 aliphatic heterocycles. The van der Waals surface area contributed by atoms with E-state index >= 15 is 0 Å². The molecule has 1 saturated heterocycles. The number of nitrogens with zero attached hydrogens (tertiary/aromatic N) is 3. The molecule has 2 aromatic rings. The van der Waals surface area contributed by atoms with Crippen LogP contribution in [-0.4, -0.2) is 41.5 Å². The Bertz CT molecular complexity index is 785. The molecule has 2 heterocycles. The van der Waals surface area contributed by atoms with Crippen LogP contribution in [0.3, 0.4) is 0 Å². The molecule has 6 heteroatoms. The lowest BCUT2D eigenvalue weighted by Crippen LogP contribution is -2.38. The molecule has 29 heavy (non-hydrogen) atoms. The predicted octanol–water partition coefficient (Wildman–Crippen LogP) is 4.12. The van der Waals surface area contributed by atoms with Crippen molar-refractivity contribution in [3.63, 3.8) is 0 Å². The Morgan fingerprint density at radius 3 is 2.79 bits per heavy atom. The second-order valence-electron chi connectivity index (χ2n) is 7.81. The van der Waals surface area contributed by atoms with E-state index < -0.39 is 0 Å². The van der Waals surface area contributed by atoms with Crippen molar-refractivity contribution in [2.45, 2.75) is 65.6 Å². The van der Waals surface area contributed by atoms with Crippen LogP contribution >= 0.6 is 11.3 Å². The molecule has 1 unspecified atom stereocenters. The number of aliphatic imine (C=N–C) groups is 1. The summed E-state index contributed by atoms with van der Waals surface area (Å²) in [5, 5.41) is 10.1. The maximum absolute atomic E-state index is 4.85. The van der Waals surface area contributed by atoms with E-state index in [1.807, 2.05) is 0 Å². The molecule has 1 aromatic heterocycles. The summed E-state index contributed by atoms with van der Waals surface area (Å²) < 4.78 is 0. The van der Waals surface area contributed by atoms with Gasteiger partial charge in [0.2, 0.25) is 0 Å². The zero-order valence-electron chi connectivity index (χ0n) is 18.1. The van der Waals surface area contributed by atoms with E-state index in [0.29, 0.717) is 12.6 Å². The Hall–Kier alpha value is -1.92. The highest BCUT2D eigenvalue weighted by Crippen LogP contribution is 2.21. The van der Waals surface area contributed by atoms with Gasteiger partial charge in [-0.15, -0.1) is 11.3 Å². The summed E-state index contributed by atoms with van der Waals surface area (Å²) in [6.07, 6.45) is 4.91. The summed E-state index contributed by atoms with van der Waals surface area (Å²) in [4.78, 5) is 12.0. The van der Waals surface area contributed by atoms with E-state index in [-0.39, 0.29) is 0 Å². The Morgan fingerprint density at radius 2 is 2.07 bits per heavy atom. The van der Waals surface area contributed by atoms with Gasteiger partial charge in [-0.05, 0) is 51.3 Å². The first-order chi connectivity index (χ1) is 14.2. The van der Waals surface area contributed by atoms with Crippen LogP contribution in [0.2, 0.25) is 0 Å². The first-order valence-corrected chi connectivity index (χ1v) is 11.8. The van der Waals surface area contributed by atoms with E-state index in [0.717, 1.165) is 42.7 Å². The highest BCUT2D eigenvalue weighted by Gasteiger charge is 2.19. The molecular formula is C23H35N5S. The topological polar surface area (TPSA) is 52.6 Å². The molecule has 5 nitrogen and oxygen atoms in total. The van der Waals surface area contributed by atoms with Gasteiger partial charge in [-0.3, -0.25) is 4.90 Å². The van der Waals surface area contributed by atoms with Crippen LogP contribution in [0.25, 0.3) is 0 Å². The van der Waals surface area contributed by atoms with Crippen LogP contribution < -0.4 is 10.6 Å². The number of thiazole rings is 1. The number of guanidine groups is 1. The molecule has 2 N–H and O–H groups in total. The monoisotopic (exact) mass is 413 g/mol. The smallest absolute Gasteiger partial charge is 0.191 e. The first kappa shape index (κ1) is 21.8. The second-order valence-corrected chi connectivity index (χ2v) is 8.88. The molecular weight excluding hydrogens is 378 g/mol. The molecule has 158 valence electrons. The third-order valence-corrected chi connectivity index (χ3v) is 6.35. The Balaban J connectivity index is 1.59. The van der Waals surface area contributed by atoms with Crippen LogP contribution in [0.4, 0.5) is 0 Å². The highest BCUT2D eigenvalue weighted by molar-refractivity contribution is 7.09. The van der Waals surface area contributed by atoms with Crippen molar-refractivity contribution in [2.24, 2.45) is 4.99 Å². The summed E-state index contributed by atoms with van der Waals surface area (Å²) in [6.45, 7) is 11.1. The van der Waals surface area contributed by atoms with Crippen molar-refractivity contribution in [3.8, 4) is 0 Å². The van der Waals surface area contributed by atoms with Gasteiger partial charge in [-0.25, -0.2) is 9.98 Å². The van der Waals surface area contributed by atoms with E-state index in [1.54, 1.807) is 11.3 Å². The average Bonchev–Trinajstić information content (AvgIpc) is 3.14. The van der Waals surface area contributed by atoms with Gasteiger partial charge in [0, 0.05) is 37.5 Å². The van der Waals surface area contributed by atoms with Gasteiger partial charge in [0.25, 0.3) is 0 Å². The Morgan fingerprint density at radius 1 is 1.24 bits per heavy atom. The second kappa shape index (κ2) is 11.3. The molecule has 1 aromatic carbocycles. The van der Waals surface area contributed by atoms with Crippen LogP contribution in [0.5, 0.6) is 0 Å². The summed E-state index contributed by atoms with van der Waals surface area (Å²) in [7, 11) is 0. The number of hydrogen-bond donors (Lipinski definition) is 2. The fraction of sp³-hybridized carbons (Fsp3) is 0.565. The fourth-order valence-electron chi connectivity index (χ4n) is 3.82. The molecule has 0 spiro atoms. The highest BCUT2D eigenvalue weighted by atomic mass is 32.1. The van der Waals surface area contributed by atoms with Crippen molar-refractivity contribution in [1.82, 2.24) is 20.5 Å². The number of likely N-dealkylation sites (tertiary alicyclic amines) is 1. The van der Waals surface area contributed by atoms with E-state index in [9.17, 15) is 0 Å². The largest absolute Gasteiger partial charge is 0.357 e. The number of rotatable bonds is 8. The van der Waals surface area contributed by atoms with Crippen LogP contribution in [-0.2, 0) is 19.5 Å². The minimum Gasteiger partial charge on any atom is -0.357 e. The third-order valence-electron chi connectivity index (χ3n) is 5.52. The zero-order chi connectivity index (χ0) is 20.5. The molecule has 0 bridgehead atoms. The number of nitrogens with one attached hydrogen (secondary N) is 2. The molecule has 1 atom stereocenters. The van der Waals surface area contributed by atoms with Crippen molar-refractivity contribution in [3.05, 3.63) is 51.5 Å². The Labute approximate surface area is 179 Å². The number of piperidine rings is 1. The van der Waals surface area contributed by atoms with Crippen molar-refractivity contribution >= 4 is 17.3 Å². The third kappa shape index (κ3) is 6.82. The Kier molecular flexibility index (Phi) is 8.50. The van der Waals surface area contributed by atoms with Gasteiger partial charge in [0.05, 0.1) is 17.2 Å². The number of aryl methyl sites for hydroxylation is 1. The van der Waals surface area contributed by atoms with E-state index in [2.05, 4.69) is 70.9 Å². The van der Waals surface area contributed by atoms with Crippen LogP contribution in [0.1, 0.15) is 54.9 Å². The molecule has 0 amide bonds. The van der Waals surface area contributed by atoms with E-state index in [4.69, 9.17) is 4.99 Å². The van der Waals surface area contributed by atoms with Gasteiger partial charge >= 0.3 is 0 Å². The molecule has 0 radical (unpaired) electrons. The summed E-state index contributed by atoms with van der Waals surface area (Å²) in [5.41, 5.74) is 3.87. The number of aromatic nitrogens is 1.